The van der Waals surface area contributed by atoms with Crippen molar-refractivity contribution in [2.45, 2.75) is 25.7 Å². The Morgan fingerprint density at radius 1 is 1.14 bits per heavy atom. The van der Waals surface area contributed by atoms with Gasteiger partial charge < -0.3 is 15.0 Å². The number of rotatable bonds is 9. The van der Waals surface area contributed by atoms with Crippen molar-refractivity contribution in [1.82, 2.24) is 4.90 Å². The van der Waals surface area contributed by atoms with E-state index in [2.05, 4.69) is 33.4 Å². The van der Waals surface area contributed by atoms with E-state index in [4.69, 9.17) is 16.3 Å². The number of aryl methyl sites for hydroxylation is 1. The third-order valence-corrected chi connectivity index (χ3v) is 5.03. The Hall–Kier alpha value is -2.05. The van der Waals surface area contributed by atoms with Gasteiger partial charge in [-0.2, -0.15) is 0 Å². The molecule has 0 atom stereocenters. The molecule has 2 rings (SSSR count). The molecule has 0 saturated heterocycles. The summed E-state index contributed by atoms with van der Waals surface area (Å²) >= 11 is 9.38. The number of hydrogen-bond donors (Lipinski definition) is 1. The molecule has 0 bridgehead atoms. The molecule has 150 valence electrons. The van der Waals surface area contributed by atoms with Crippen LogP contribution in [0.15, 0.2) is 46.9 Å². The Labute approximate surface area is 179 Å². The fourth-order valence-corrected chi connectivity index (χ4v) is 3.15. The Morgan fingerprint density at radius 3 is 2.54 bits per heavy atom. The van der Waals surface area contributed by atoms with Crippen LogP contribution in [0.1, 0.15) is 24.8 Å². The molecule has 5 nitrogen and oxygen atoms in total. The van der Waals surface area contributed by atoms with Gasteiger partial charge in [-0.25, -0.2) is 0 Å². The Kier molecular flexibility index (Phi) is 8.80. The minimum atomic E-state index is -0.300. The summed E-state index contributed by atoms with van der Waals surface area (Å²) in [6, 6.07) is 13.2. The van der Waals surface area contributed by atoms with E-state index >= 15 is 0 Å². The Morgan fingerprint density at radius 2 is 1.86 bits per heavy atom. The van der Waals surface area contributed by atoms with Gasteiger partial charge in [-0.15, -0.1) is 0 Å². The number of anilines is 1. The maximum Gasteiger partial charge on any atom is 0.244 e. The molecule has 0 aromatic heterocycles. The molecule has 0 saturated carbocycles. The SMILES string of the molecule is COc1ccc(Cl)cc1NC(=O)CN(C)C(=O)CCCCc1ccc(Br)cc1. The molecule has 0 spiro atoms. The molecule has 0 aliphatic heterocycles. The highest BCUT2D eigenvalue weighted by Crippen LogP contribution is 2.27. The number of nitrogens with one attached hydrogen (secondary N) is 1. The standard InChI is InChI=1S/C21H24BrClN2O3/c1-25(14-20(26)24-18-13-17(23)11-12-19(18)28-2)21(27)6-4-3-5-15-7-9-16(22)10-8-15/h7-13H,3-6,14H2,1-2H3,(H,24,26). The average molecular weight is 468 g/mol. The molecule has 2 aromatic carbocycles. The third kappa shape index (κ3) is 7.17. The second-order valence-corrected chi connectivity index (χ2v) is 7.83. The summed E-state index contributed by atoms with van der Waals surface area (Å²) in [5.41, 5.74) is 1.73. The molecule has 0 aliphatic carbocycles. The van der Waals surface area contributed by atoms with Crippen LogP contribution in [0.5, 0.6) is 5.75 Å². The molecule has 0 unspecified atom stereocenters. The van der Waals surface area contributed by atoms with E-state index in [9.17, 15) is 9.59 Å². The second kappa shape index (κ2) is 11.1. The van der Waals surface area contributed by atoms with Crippen molar-refractivity contribution in [2.75, 3.05) is 26.0 Å². The van der Waals surface area contributed by atoms with Crippen LogP contribution < -0.4 is 10.1 Å². The monoisotopic (exact) mass is 466 g/mol. The highest BCUT2D eigenvalue weighted by molar-refractivity contribution is 9.10. The highest BCUT2D eigenvalue weighted by Gasteiger charge is 2.14. The van der Waals surface area contributed by atoms with E-state index in [0.717, 1.165) is 23.7 Å². The first-order valence-electron chi connectivity index (χ1n) is 9.01. The molecule has 0 heterocycles. The van der Waals surface area contributed by atoms with Gasteiger partial charge >= 0.3 is 0 Å². The molecule has 0 radical (unpaired) electrons. The summed E-state index contributed by atoms with van der Waals surface area (Å²) in [5.74, 6) is 0.162. The predicted molar refractivity (Wildman–Crippen MR) is 116 cm³/mol. The summed E-state index contributed by atoms with van der Waals surface area (Å²) in [4.78, 5) is 25.9. The fraction of sp³-hybridized carbons (Fsp3) is 0.333. The van der Waals surface area contributed by atoms with Crippen molar-refractivity contribution >= 4 is 45.0 Å². The first kappa shape index (κ1) is 22.2. The highest BCUT2D eigenvalue weighted by atomic mass is 79.9. The lowest BCUT2D eigenvalue weighted by Gasteiger charge is -2.17. The van der Waals surface area contributed by atoms with Crippen molar-refractivity contribution in [2.24, 2.45) is 0 Å². The number of carbonyl (C=O) groups excluding carboxylic acids is 2. The molecule has 7 heteroatoms. The topological polar surface area (TPSA) is 58.6 Å². The van der Waals surface area contributed by atoms with E-state index in [1.807, 2.05) is 12.1 Å². The zero-order valence-electron chi connectivity index (χ0n) is 16.0. The zero-order valence-corrected chi connectivity index (χ0v) is 18.3. The van der Waals surface area contributed by atoms with Crippen LogP contribution in [0, 0.1) is 0 Å². The normalized spacial score (nSPS) is 10.4. The number of nitrogens with zero attached hydrogens (tertiary/aromatic N) is 1. The van der Waals surface area contributed by atoms with Crippen LogP contribution in [0.2, 0.25) is 5.02 Å². The lowest BCUT2D eigenvalue weighted by molar-refractivity contribution is -0.133. The molecular weight excluding hydrogens is 444 g/mol. The van der Waals surface area contributed by atoms with Crippen LogP contribution in [0.3, 0.4) is 0 Å². The molecule has 2 aromatic rings. The minimum absolute atomic E-state index is 0.0266. The number of amides is 2. The molecule has 28 heavy (non-hydrogen) atoms. The zero-order chi connectivity index (χ0) is 20.5. The van der Waals surface area contributed by atoms with Gasteiger partial charge in [0.25, 0.3) is 0 Å². The van der Waals surface area contributed by atoms with Gasteiger partial charge in [0.05, 0.1) is 19.3 Å². The van der Waals surface area contributed by atoms with Gasteiger partial charge in [0, 0.05) is 23.0 Å². The molecule has 1 N–H and O–H groups in total. The van der Waals surface area contributed by atoms with E-state index in [-0.39, 0.29) is 18.4 Å². The van der Waals surface area contributed by atoms with Crippen molar-refractivity contribution < 1.29 is 14.3 Å². The van der Waals surface area contributed by atoms with Crippen LogP contribution in [0.4, 0.5) is 5.69 Å². The fourth-order valence-electron chi connectivity index (χ4n) is 2.72. The van der Waals surface area contributed by atoms with E-state index in [1.54, 1.807) is 25.2 Å². The van der Waals surface area contributed by atoms with Gasteiger partial charge in [-0.05, 0) is 55.2 Å². The molecule has 2 amide bonds. The number of halogens is 2. The Balaban J connectivity index is 1.74. The summed E-state index contributed by atoms with van der Waals surface area (Å²) < 4.78 is 6.26. The number of unbranched alkanes of at least 4 members (excludes halogenated alkanes) is 1. The van der Waals surface area contributed by atoms with Gasteiger partial charge in [0.1, 0.15) is 5.75 Å². The van der Waals surface area contributed by atoms with Crippen molar-refractivity contribution in [1.29, 1.82) is 0 Å². The third-order valence-electron chi connectivity index (χ3n) is 4.26. The lowest BCUT2D eigenvalue weighted by Crippen LogP contribution is -2.34. The number of likely N-dealkylation sites (N-methyl/N-ethyl adjacent to an activating group) is 1. The van der Waals surface area contributed by atoms with Gasteiger partial charge in [0.15, 0.2) is 0 Å². The second-order valence-electron chi connectivity index (χ2n) is 6.48. The lowest BCUT2D eigenvalue weighted by atomic mass is 10.1. The molecule has 0 aliphatic rings. The number of carbonyl (C=O) groups is 2. The Bertz CT molecular complexity index is 812. The number of benzene rings is 2. The van der Waals surface area contributed by atoms with E-state index < -0.39 is 0 Å². The number of methoxy groups -OCH3 is 1. The molecule has 0 fully saturated rings. The van der Waals surface area contributed by atoms with Crippen LogP contribution in [0.25, 0.3) is 0 Å². The van der Waals surface area contributed by atoms with Gasteiger partial charge in [0.2, 0.25) is 11.8 Å². The maximum atomic E-state index is 12.3. The average Bonchev–Trinajstić information content (AvgIpc) is 2.66. The minimum Gasteiger partial charge on any atom is -0.495 e. The first-order valence-corrected chi connectivity index (χ1v) is 10.2. The molecular formula is C21H24BrClN2O3. The van der Waals surface area contributed by atoms with Crippen LogP contribution in [-0.4, -0.2) is 37.4 Å². The first-order chi connectivity index (χ1) is 13.4. The van der Waals surface area contributed by atoms with Crippen molar-refractivity contribution in [3.8, 4) is 5.75 Å². The van der Waals surface area contributed by atoms with Crippen molar-refractivity contribution in [3.63, 3.8) is 0 Å². The summed E-state index contributed by atoms with van der Waals surface area (Å²) in [6.45, 7) is -0.0266. The largest absolute Gasteiger partial charge is 0.495 e. The van der Waals surface area contributed by atoms with E-state index in [1.165, 1.54) is 17.6 Å². The van der Waals surface area contributed by atoms with Gasteiger partial charge in [-0.3, -0.25) is 9.59 Å². The van der Waals surface area contributed by atoms with Gasteiger partial charge in [-0.1, -0.05) is 39.7 Å². The van der Waals surface area contributed by atoms with Crippen molar-refractivity contribution in [3.05, 3.63) is 57.5 Å². The number of hydrogen-bond acceptors (Lipinski definition) is 3. The van der Waals surface area contributed by atoms with Crippen LogP contribution in [-0.2, 0) is 16.0 Å². The predicted octanol–water partition coefficient (Wildman–Crippen LogP) is 4.92. The van der Waals surface area contributed by atoms with Crippen LogP contribution >= 0.6 is 27.5 Å². The summed E-state index contributed by atoms with van der Waals surface area (Å²) in [6.07, 6.45) is 3.05. The quantitative estimate of drug-likeness (QED) is 0.533. The smallest absolute Gasteiger partial charge is 0.244 e. The maximum absolute atomic E-state index is 12.3. The summed E-state index contributed by atoms with van der Waals surface area (Å²) in [5, 5.41) is 3.23. The summed E-state index contributed by atoms with van der Waals surface area (Å²) in [7, 11) is 3.15. The van der Waals surface area contributed by atoms with E-state index in [0.29, 0.717) is 22.9 Å². The number of ether oxygens (including phenoxy) is 1.